The number of halogens is 1. The van der Waals surface area contributed by atoms with Gasteiger partial charge in [0, 0.05) is 14.2 Å². The number of rotatable bonds is 5. The first-order valence-electron chi connectivity index (χ1n) is 4.69. The normalized spacial score (nSPS) is 10.7. The van der Waals surface area contributed by atoms with Crippen LogP contribution < -0.4 is 5.73 Å². The maximum absolute atomic E-state index is 5.44. The van der Waals surface area contributed by atoms with E-state index in [0.29, 0.717) is 0 Å². The first-order valence-corrected chi connectivity index (χ1v) is 6.30. The summed E-state index contributed by atoms with van der Waals surface area (Å²) in [6.07, 6.45) is 4.86. The molecule has 1 nitrogen and oxygen atoms in total. The molecule has 74 valence electrons. The Morgan fingerprint density at radius 3 is 2.69 bits per heavy atom. The van der Waals surface area contributed by atoms with Gasteiger partial charge in [0.1, 0.15) is 0 Å². The van der Waals surface area contributed by atoms with Crippen molar-refractivity contribution in [2.75, 3.05) is 6.54 Å². The Balaban J connectivity index is 2.32. The maximum atomic E-state index is 5.44. The standard InChI is InChI=1S/C10H16BrNS/c1-8-7-9(11)10(13-8)5-3-2-4-6-12/h7H,2-6,12H2,1H3. The van der Waals surface area contributed by atoms with Gasteiger partial charge in [-0.1, -0.05) is 6.42 Å². The number of thiophene rings is 1. The van der Waals surface area contributed by atoms with Crippen molar-refractivity contribution in [2.24, 2.45) is 5.73 Å². The largest absolute Gasteiger partial charge is 0.330 e. The average Bonchev–Trinajstić information content (AvgIpc) is 2.39. The third kappa shape index (κ3) is 3.79. The number of nitrogens with two attached hydrogens (primary N) is 1. The summed E-state index contributed by atoms with van der Waals surface area (Å²) < 4.78 is 1.28. The zero-order valence-electron chi connectivity index (χ0n) is 7.98. The molecule has 0 amide bonds. The van der Waals surface area contributed by atoms with Crippen LogP contribution in [0.2, 0.25) is 0 Å². The molecule has 0 radical (unpaired) electrons. The van der Waals surface area contributed by atoms with Crippen LogP contribution in [0, 0.1) is 6.92 Å². The van der Waals surface area contributed by atoms with E-state index in [2.05, 4.69) is 28.9 Å². The summed E-state index contributed by atoms with van der Waals surface area (Å²) in [7, 11) is 0. The molecule has 0 aromatic carbocycles. The molecular weight excluding hydrogens is 246 g/mol. The van der Waals surface area contributed by atoms with Gasteiger partial charge >= 0.3 is 0 Å². The minimum atomic E-state index is 0.824. The van der Waals surface area contributed by atoms with Crippen LogP contribution in [0.4, 0.5) is 0 Å². The van der Waals surface area contributed by atoms with Crippen molar-refractivity contribution in [1.29, 1.82) is 0 Å². The number of hydrogen-bond donors (Lipinski definition) is 1. The third-order valence-electron chi connectivity index (χ3n) is 1.99. The highest BCUT2D eigenvalue weighted by Gasteiger charge is 2.03. The van der Waals surface area contributed by atoms with Gasteiger partial charge in [-0.25, -0.2) is 0 Å². The van der Waals surface area contributed by atoms with Crippen LogP contribution in [0.25, 0.3) is 0 Å². The van der Waals surface area contributed by atoms with E-state index in [0.717, 1.165) is 13.0 Å². The van der Waals surface area contributed by atoms with Crippen molar-refractivity contribution in [3.63, 3.8) is 0 Å². The molecule has 1 aromatic heterocycles. The molecule has 0 bridgehead atoms. The highest BCUT2D eigenvalue weighted by Crippen LogP contribution is 2.28. The van der Waals surface area contributed by atoms with Crippen molar-refractivity contribution in [2.45, 2.75) is 32.6 Å². The van der Waals surface area contributed by atoms with Gasteiger partial charge in [0.05, 0.1) is 0 Å². The van der Waals surface area contributed by atoms with Gasteiger partial charge in [0.25, 0.3) is 0 Å². The predicted molar refractivity (Wildman–Crippen MR) is 63.4 cm³/mol. The van der Waals surface area contributed by atoms with E-state index >= 15 is 0 Å². The second-order valence-corrected chi connectivity index (χ2v) is 5.42. The van der Waals surface area contributed by atoms with Gasteiger partial charge in [-0.15, -0.1) is 11.3 Å². The van der Waals surface area contributed by atoms with Gasteiger partial charge in [0.15, 0.2) is 0 Å². The molecular formula is C10H16BrNS. The van der Waals surface area contributed by atoms with Crippen molar-refractivity contribution in [3.05, 3.63) is 20.3 Å². The van der Waals surface area contributed by atoms with E-state index in [4.69, 9.17) is 5.73 Å². The van der Waals surface area contributed by atoms with E-state index < -0.39 is 0 Å². The molecule has 0 aliphatic carbocycles. The average molecular weight is 262 g/mol. The summed E-state index contributed by atoms with van der Waals surface area (Å²) in [5, 5.41) is 0. The first kappa shape index (κ1) is 11.2. The summed E-state index contributed by atoms with van der Waals surface area (Å²) in [5.74, 6) is 0. The molecule has 0 aliphatic rings. The van der Waals surface area contributed by atoms with Gasteiger partial charge < -0.3 is 5.73 Å². The Kier molecular flexibility index (Phi) is 4.99. The van der Waals surface area contributed by atoms with E-state index in [9.17, 15) is 0 Å². The molecule has 2 N–H and O–H groups in total. The highest BCUT2D eigenvalue weighted by atomic mass is 79.9. The van der Waals surface area contributed by atoms with Crippen molar-refractivity contribution >= 4 is 27.3 Å². The lowest BCUT2D eigenvalue weighted by Gasteiger charge is -1.98. The lowest BCUT2D eigenvalue weighted by molar-refractivity contribution is 0.690. The quantitative estimate of drug-likeness (QED) is 0.807. The zero-order chi connectivity index (χ0) is 9.68. The molecule has 0 atom stereocenters. The molecule has 1 heterocycles. The second kappa shape index (κ2) is 5.78. The fourth-order valence-electron chi connectivity index (χ4n) is 1.31. The minimum Gasteiger partial charge on any atom is -0.330 e. The fraction of sp³-hybridized carbons (Fsp3) is 0.600. The van der Waals surface area contributed by atoms with E-state index in [1.165, 1.54) is 33.5 Å². The Hall–Kier alpha value is 0.140. The highest BCUT2D eigenvalue weighted by molar-refractivity contribution is 9.10. The van der Waals surface area contributed by atoms with E-state index in [-0.39, 0.29) is 0 Å². The Morgan fingerprint density at radius 1 is 1.38 bits per heavy atom. The molecule has 0 fully saturated rings. The van der Waals surface area contributed by atoms with Gasteiger partial charge in [-0.3, -0.25) is 0 Å². The SMILES string of the molecule is Cc1cc(Br)c(CCCCCN)s1. The molecule has 13 heavy (non-hydrogen) atoms. The summed E-state index contributed by atoms with van der Waals surface area (Å²) in [4.78, 5) is 2.87. The Bertz CT molecular complexity index is 257. The molecule has 0 saturated heterocycles. The minimum absolute atomic E-state index is 0.824. The third-order valence-corrected chi connectivity index (χ3v) is 4.07. The topological polar surface area (TPSA) is 26.0 Å². The van der Waals surface area contributed by atoms with Crippen LogP contribution in [-0.2, 0) is 6.42 Å². The summed E-state index contributed by atoms with van der Waals surface area (Å²) in [6, 6.07) is 2.20. The van der Waals surface area contributed by atoms with Crippen LogP contribution in [0.5, 0.6) is 0 Å². The van der Waals surface area contributed by atoms with E-state index in [1.54, 1.807) is 0 Å². The zero-order valence-corrected chi connectivity index (χ0v) is 10.4. The predicted octanol–water partition coefficient (Wildman–Crippen LogP) is 3.49. The van der Waals surface area contributed by atoms with Crippen LogP contribution in [0.3, 0.4) is 0 Å². The molecule has 0 saturated carbocycles. The lowest BCUT2D eigenvalue weighted by Crippen LogP contribution is -1.97. The number of aryl methyl sites for hydroxylation is 2. The van der Waals surface area contributed by atoms with Gasteiger partial charge in [0.2, 0.25) is 0 Å². The van der Waals surface area contributed by atoms with E-state index in [1.807, 2.05) is 11.3 Å². The molecule has 1 rings (SSSR count). The molecule has 3 heteroatoms. The molecule has 0 aliphatic heterocycles. The monoisotopic (exact) mass is 261 g/mol. The summed E-state index contributed by atoms with van der Waals surface area (Å²) in [5.41, 5.74) is 5.44. The maximum Gasteiger partial charge on any atom is 0.0317 e. The molecule has 0 unspecified atom stereocenters. The summed E-state index contributed by atoms with van der Waals surface area (Å²) in [6.45, 7) is 2.98. The van der Waals surface area contributed by atoms with Crippen molar-refractivity contribution < 1.29 is 0 Å². The summed E-state index contributed by atoms with van der Waals surface area (Å²) >= 11 is 5.47. The number of hydrogen-bond acceptors (Lipinski definition) is 2. The smallest absolute Gasteiger partial charge is 0.0317 e. The van der Waals surface area contributed by atoms with Crippen LogP contribution in [-0.4, -0.2) is 6.54 Å². The second-order valence-electron chi connectivity index (χ2n) is 3.23. The Morgan fingerprint density at radius 2 is 2.15 bits per heavy atom. The molecule has 1 aromatic rings. The van der Waals surface area contributed by atoms with Crippen LogP contribution in [0.1, 0.15) is 29.0 Å². The van der Waals surface area contributed by atoms with Crippen LogP contribution in [0.15, 0.2) is 10.5 Å². The van der Waals surface area contributed by atoms with Crippen molar-refractivity contribution in [1.82, 2.24) is 0 Å². The Labute approximate surface area is 92.5 Å². The van der Waals surface area contributed by atoms with Crippen molar-refractivity contribution in [3.8, 4) is 0 Å². The van der Waals surface area contributed by atoms with Gasteiger partial charge in [-0.2, -0.15) is 0 Å². The number of unbranched alkanes of at least 4 members (excludes halogenated alkanes) is 2. The molecule has 0 spiro atoms. The first-order chi connectivity index (χ1) is 6.24. The van der Waals surface area contributed by atoms with Gasteiger partial charge in [-0.05, 0) is 54.7 Å². The fourth-order valence-corrected chi connectivity index (χ4v) is 3.21. The van der Waals surface area contributed by atoms with Crippen LogP contribution >= 0.6 is 27.3 Å². The lowest BCUT2D eigenvalue weighted by atomic mass is 10.2.